The van der Waals surface area contributed by atoms with Crippen LogP contribution in [0.3, 0.4) is 0 Å². The van der Waals surface area contributed by atoms with Crippen molar-refractivity contribution in [1.29, 1.82) is 0 Å². The Bertz CT molecular complexity index is 1700. The zero-order valence-electron chi connectivity index (χ0n) is 25.8. The van der Waals surface area contributed by atoms with Gasteiger partial charge in [-0.05, 0) is 96.1 Å². The monoisotopic (exact) mass is 636 g/mol. The molecule has 44 heavy (non-hydrogen) atoms. The van der Waals surface area contributed by atoms with Crippen LogP contribution >= 0.6 is 22.9 Å². The fraction of sp³-hybridized carbons (Fsp3) is 0.394. The minimum Gasteiger partial charge on any atom is -0.464 e. The Morgan fingerprint density at radius 3 is 2.52 bits per heavy atom. The number of benzene rings is 3. The minimum absolute atomic E-state index is 0.0287. The van der Waals surface area contributed by atoms with Crippen LogP contribution in [0.4, 0.5) is 11.4 Å². The molecular weight excluding hydrogens is 600 g/mol. The summed E-state index contributed by atoms with van der Waals surface area (Å²) in [5, 5.41) is 16.6. The Kier molecular flexibility index (Phi) is 9.27. The average molecular weight is 637 g/mol. The number of hydrogen-bond donors (Lipinski definition) is 1. The molecule has 5 rings (SSSR count). The number of likely N-dealkylation sites (N-methyl/N-ethyl adjacent to an activating group) is 1. The van der Waals surface area contributed by atoms with Crippen LogP contribution in [-0.4, -0.2) is 59.2 Å². The van der Waals surface area contributed by atoms with Crippen molar-refractivity contribution in [1.82, 2.24) is 9.88 Å². The summed E-state index contributed by atoms with van der Waals surface area (Å²) in [5.41, 5.74) is 4.60. The van der Waals surface area contributed by atoms with Crippen LogP contribution in [0.5, 0.6) is 0 Å². The summed E-state index contributed by atoms with van der Waals surface area (Å²) in [7, 11) is 2.04. The first-order valence-electron chi connectivity index (χ1n) is 14.6. The van der Waals surface area contributed by atoms with Crippen molar-refractivity contribution in [2.24, 2.45) is 0 Å². The standard InChI is InChI=1S/C33H37ClN4O5S/c1-7-42-32(39)29(43-33(3,4)5)27-19(2)16-25-30(28(27)20-8-11-22(34)12-9-20)44-31(36-25)21-10-13-26(38(40)41)24(17-21)35-23-14-15-37(6)18-23/h8-13,16-17,23,29,35H,7,14-15,18H2,1-6H3/t23-,29-/m0/s1. The molecule has 0 amide bonds. The van der Waals surface area contributed by atoms with Gasteiger partial charge in [0.05, 0.1) is 27.3 Å². The lowest BCUT2D eigenvalue weighted by Crippen LogP contribution is -2.29. The van der Waals surface area contributed by atoms with Crippen molar-refractivity contribution in [3.05, 3.63) is 74.8 Å². The summed E-state index contributed by atoms with van der Waals surface area (Å²) in [6.45, 7) is 11.4. The van der Waals surface area contributed by atoms with Gasteiger partial charge in [-0.2, -0.15) is 0 Å². The van der Waals surface area contributed by atoms with E-state index in [1.165, 1.54) is 17.4 Å². The topological polar surface area (TPSA) is 107 Å². The molecule has 0 aliphatic carbocycles. The van der Waals surface area contributed by atoms with Gasteiger partial charge in [0.2, 0.25) is 0 Å². The average Bonchev–Trinajstić information content (AvgIpc) is 3.56. The number of rotatable bonds is 9. The van der Waals surface area contributed by atoms with E-state index in [9.17, 15) is 14.9 Å². The molecule has 9 nitrogen and oxygen atoms in total. The molecule has 0 saturated carbocycles. The first-order chi connectivity index (χ1) is 20.8. The van der Waals surface area contributed by atoms with Crippen LogP contribution in [0.25, 0.3) is 31.9 Å². The van der Waals surface area contributed by atoms with Crippen molar-refractivity contribution >= 4 is 50.5 Å². The fourth-order valence-electron chi connectivity index (χ4n) is 5.59. The van der Waals surface area contributed by atoms with Gasteiger partial charge >= 0.3 is 5.97 Å². The molecule has 1 aliphatic heterocycles. The van der Waals surface area contributed by atoms with Crippen LogP contribution in [0, 0.1) is 17.0 Å². The molecule has 0 spiro atoms. The van der Waals surface area contributed by atoms with Gasteiger partial charge < -0.3 is 19.7 Å². The number of esters is 1. The van der Waals surface area contributed by atoms with E-state index in [1.807, 2.05) is 71.1 Å². The Morgan fingerprint density at radius 1 is 1.20 bits per heavy atom. The van der Waals surface area contributed by atoms with Crippen molar-refractivity contribution in [3.63, 3.8) is 0 Å². The number of carbonyl (C=O) groups excluding carboxylic acids is 1. The highest BCUT2D eigenvalue weighted by Gasteiger charge is 2.34. The molecule has 11 heteroatoms. The van der Waals surface area contributed by atoms with Crippen LogP contribution in [-0.2, 0) is 14.3 Å². The van der Waals surface area contributed by atoms with Gasteiger partial charge in [0.1, 0.15) is 10.7 Å². The van der Waals surface area contributed by atoms with Crippen molar-refractivity contribution in [3.8, 4) is 21.7 Å². The number of hydrogen-bond acceptors (Lipinski definition) is 9. The van der Waals surface area contributed by atoms with Gasteiger partial charge in [0, 0.05) is 40.4 Å². The molecule has 0 radical (unpaired) electrons. The largest absolute Gasteiger partial charge is 0.464 e. The Hall–Kier alpha value is -3.57. The predicted octanol–water partition coefficient (Wildman–Crippen LogP) is 8.04. The van der Waals surface area contributed by atoms with Gasteiger partial charge in [-0.15, -0.1) is 11.3 Å². The zero-order valence-corrected chi connectivity index (χ0v) is 27.3. The number of halogens is 1. The number of nitro benzene ring substituents is 1. The number of ether oxygens (including phenoxy) is 2. The lowest BCUT2D eigenvalue weighted by molar-refractivity contribution is -0.384. The van der Waals surface area contributed by atoms with Crippen LogP contribution in [0.15, 0.2) is 48.5 Å². The Labute approximate surface area is 266 Å². The molecular formula is C33H37ClN4O5S. The van der Waals surface area contributed by atoms with E-state index >= 15 is 0 Å². The second-order valence-corrected chi connectivity index (χ2v) is 13.5. The van der Waals surface area contributed by atoms with Gasteiger partial charge in [-0.1, -0.05) is 23.7 Å². The molecule has 0 unspecified atom stereocenters. The highest BCUT2D eigenvalue weighted by atomic mass is 35.5. The quantitative estimate of drug-likeness (QED) is 0.112. The number of carbonyl (C=O) groups is 1. The highest BCUT2D eigenvalue weighted by molar-refractivity contribution is 7.22. The SMILES string of the molecule is CCOC(=O)[C@@H](OC(C)(C)C)c1c(C)cc2nc(-c3ccc([N+](=O)[O-])c(N[C@H]4CCN(C)C4)c3)sc2c1-c1ccc(Cl)cc1. The summed E-state index contributed by atoms with van der Waals surface area (Å²) < 4.78 is 12.7. The minimum atomic E-state index is -0.977. The van der Waals surface area contributed by atoms with Crippen LogP contribution in [0.1, 0.15) is 51.3 Å². The normalized spacial score (nSPS) is 16.3. The number of aryl methyl sites for hydroxylation is 1. The molecule has 4 aromatic rings. The van der Waals surface area contributed by atoms with Crippen molar-refractivity contribution in [2.45, 2.75) is 58.8 Å². The third-order valence-electron chi connectivity index (χ3n) is 7.49. The van der Waals surface area contributed by atoms with E-state index < -0.39 is 17.7 Å². The molecule has 1 aliphatic rings. The number of anilines is 1. The zero-order chi connectivity index (χ0) is 31.8. The van der Waals surface area contributed by atoms with Gasteiger partial charge in [-0.25, -0.2) is 9.78 Å². The summed E-state index contributed by atoms with van der Waals surface area (Å²) in [6, 6.07) is 14.6. The van der Waals surface area contributed by atoms with Gasteiger partial charge in [-0.3, -0.25) is 10.1 Å². The number of likely N-dealkylation sites (tertiary alicyclic amines) is 1. The fourth-order valence-corrected chi connectivity index (χ4v) is 6.84. The lowest BCUT2D eigenvalue weighted by Gasteiger charge is -2.29. The number of nitro groups is 1. The molecule has 232 valence electrons. The van der Waals surface area contributed by atoms with Crippen molar-refractivity contribution in [2.75, 3.05) is 32.1 Å². The van der Waals surface area contributed by atoms with E-state index in [0.29, 0.717) is 21.3 Å². The van der Waals surface area contributed by atoms with E-state index in [2.05, 4.69) is 10.2 Å². The van der Waals surface area contributed by atoms with E-state index in [1.54, 1.807) is 13.0 Å². The Balaban J connectivity index is 1.70. The van der Waals surface area contributed by atoms with Crippen LogP contribution in [0.2, 0.25) is 5.02 Å². The molecule has 1 fully saturated rings. The summed E-state index contributed by atoms with van der Waals surface area (Å²) >= 11 is 7.74. The third kappa shape index (κ3) is 6.89. The number of nitrogens with zero attached hydrogens (tertiary/aromatic N) is 3. The predicted molar refractivity (Wildman–Crippen MR) is 177 cm³/mol. The van der Waals surface area contributed by atoms with Gasteiger partial charge in [0.15, 0.2) is 6.10 Å². The smallest absolute Gasteiger partial charge is 0.339 e. The number of aromatic nitrogens is 1. The molecule has 0 bridgehead atoms. The number of thiazole rings is 1. The molecule has 2 atom stereocenters. The molecule has 1 saturated heterocycles. The molecule has 1 aromatic heterocycles. The summed E-state index contributed by atoms with van der Waals surface area (Å²) in [4.78, 5) is 32.1. The van der Waals surface area contributed by atoms with E-state index in [0.717, 1.165) is 52.0 Å². The number of nitrogens with one attached hydrogen (secondary N) is 1. The van der Waals surface area contributed by atoms with E-state index in [-0.39, 0.29) is 23.3 Å². The summed E-state index contributed by atoms with van der Waals surface area (Å²) in [6.07, 6.45) is -0.0700. The van der Waals surface area contributed by atoms with Crippen molar-refractivity contribution < 1.29 is 19.2 Å². The second kappa shape index (κ2) is 12.8. The first kappa shape index (κ1) is 31.8. The first-order valence-corrected chi connectivity index (χ1v) is 15.8. The maximum Gasteiger partial charge on any atom is 0.339 e. The maximum absolute atomic E-state index is 13.4. The van der Waals surface area contributed by atoms with Crippen LogP contribution < -0.4 is 5.32 Å². The highest BCUT2D eigenvalue weighted by Crippen LogP contribution is 2.45. The lowest BCUT2D eigenvalue weighted by atomic mass is 9.91. The molecule has 3 aromatic carbocycles. The number of fused-ring (bicyclic) bond motifs is 1. The maximum atomic E-state index is 13.4. The molecule has 2 heterocycles. The third-order valence-corrected chi connectivity index (χ3v) is 8.88. The second-order valence-electron chi connectivity index (χ2n) is 12.1. The van der Waals surface area contributed by atoms with E-state index in [4.69, 9.17) is 26.1 Å². The Morgan fingerprint density at radius 2 is 1.91 bits per heavy atom. The summed E-state index contributed by atoms with van der Waals surface area (Å²) in [5.74, 6) is -0.464. The van der Waals surface area contributed by atoms with Gasteiger partial charge in [0.25, 0.3) is 5.69 Å². The molecule has 1 N–H and O–H groups in total.